The number of rotatable bonds is 8. The van der Waals surface area contributed by atoms with E-state index >= 15 is 0 Å². The van der Waals surface area contributed by atoms with Gasteiger partial charge < -0.3 is 18.9 Å². The fraction of sp³-hybridized carbons (Fsp3) is 0.909. The van der Waals surface area contributed by atoms with Gasteiger partial charge in [0.25, 0.3) is 0 Å². The van der Waals surface area contributed by atoms with Crippen LogP contribution in [0.2, 0.25) is 0 Å². The molecule has 0 aromatic rings. The van der Waals surface area contributed by atoms with Gasteiger partial charge in [0.2, 0.25) is 0 Å². The van der Waals surface area contributed by atoms with Crippen molar-refractivity contribution < 1.29 is 28.5 Å². The van der Waals surface area contributed by atoms with Crippen LogP contribution in [0.5, 0.6) is 0 Å². The third kappa shape index (κ3) is 7.03. The second kappa shape index (κ2) is 11.8. The molecule has 0 aromatic heterocycles. The first-order chi connectivity index (χ1) is 13.7. The van der Waals surface area contributed by atoms with E-state index in [1.54, 1.807) is 0 Å². The second-order valence-corrected chi connectivity index (χ2v) is 8.56. The van der Waals surface area contributed by atoms with Gasteiger partial charge in [-0.15, -0.1) is 0 Å². The molecule has 3 fully saturated rings. The highest BCUT2D eigenvalue weighted by Gasteiger charge is 2.26. The molecular weight excluding hydrogens is 360 g/mol. The molecule has 28 heavy (non-hydrogen) atoms. The summed E-state index contributed by atoms with van der Waals surface area (Å²) in [7, 11) is 0. The number of carbonyl (C=O) groups excluding carboxylic acids is 2. The number of carbonyl (C=O) groups is 2. The molecule has 0 saturated heterocycles. The maximum atomic E-state index is 12.0. The van der Waals surface area contributed by atoms with E-state index < -0.39 is 0 Å². The summed E-state index contributed by atoms with van der Waals surface area (Å²) < 4.78 is 22.1. The summed E-state index contributed by atoms with van der Waals surface area (Å²) in [4.78, 5) is 24.0. The molecule has 6 nitrogen and oxygen atoms in total. The van der Waals surface area contributed by atoms with E-state index in [0.717, 1.165) is 77.0 Å². The van der Waals surface area contributed by atoms with Gasteiger partial charge in [-0.3, -0.25) is 9.59 Å². The minimum atomic E-state index is -0.100. The Hall–Kier alpha value is -1.14. The minimum absolute atomic E-state index is 0.0600. The third-order valence-electron chi connectivity index (χ3n) is 6.51. The second-order valence-electron chi connectivity index (χ2n) is 8.56. The van der Waals surface area contributed by atoms with Crippen LogP contribution in [0.4, 0.5) is 0 Å². The summed E-state index contributed by atoms with van der Waals surface area (Å²) in [6.45, 7) is 0.120. The molecule has 0 bridgehead atoms. The van der Waals surface area contributed by atoms with Crippen LogP contribution in [0.3, 0.4) is 0 Å². The van der Waals surface area contributed by atoms with E-state index in [-0.39, 0.29) is 49.6 Å². The molecule has 0 radical (unpaired) electrons. The Morgan fingerprint density at radius 3 is 1.25 bits per heavy atom. The standard InChI is InChI=1S/C22H36O6/c23-21(17-7-3-1-4-8-17)27-15-25-19-11-13-20(14-12-19)26-16-28-22(24)18-9-5-2-6-10-18/h17-20H,1-16H2. The number of hydrogen-bond donors (Lipinski definition) is 0. The summed E-state index contributed by atoms with van der Waals surface area (Å²) in [5, 5.41) is 0. The van der Waals surface area contributed by atoms with Crippen molar-refractivity contribution in [2.45, 2.75) is 102 Å². The quantitative estimate of drug-likeness (QED) is 0.445. The van der Waals surface area contributed by atoms with E-state index in [1.165, 1.54) is 12.8 Å². The molecule has 3 saturated carbocycles. The maximum absolute atomic E-state index is 12.0. The summed E-state index contributed by atoms with van der Waals surface area (Å²) >= 11 is 0. The smallest absolute Gasteiger partial charge is 0.311 e. The van der Waals surface area contributed by atoms with Crippen molar-refractivity contribution in [3.05, 3.63) is 0 Å². The first kappa shape index (κ1) is 21.6. The highest BCUT2D eigenvalue weighted by molar-refractivity contribution is 5.72. The van der Waals surface area contributed by atoms with Crippen molar-refractivity contribution in [1.29, 1.82) is 0 Å². The Kier molecular flexibility index (Phi) is 9.06. The average molecular weight is 397 g/mol. The molecule has 0 heterocycles. The predicted octanol–water partition coefficient (Wildman–Crippen LogP) is 4.49. The van der Waals surface area contributed by atoms with Crippen molar-refractivity contribution in [2.24, 2.45) is 11.8 Å². The van der Waals surface area contributed by atoms with Gasteiger partial charge in [0.15, 0.2) is 13.6 Å². The molecule has 6 heteroatoms. The average Bonchev–Trinajstić information content (AvgIpc) is 2.76. The van der Waals surface area contributed by atoms with E-state index in [9.17, 15) is 9.59 Å². The zero-order valence-electron chi connectivity index (χ0n) is 17.1. The van der Waals surface area contributed by atoms with Crippen LogP contribution in [-0.2, 0) is 28.5 Å². The summed E-state index contributed by atoms with van der Waals surface area (Å²) in [5.41, 5.74) is 0. The minimum Gasteiger partial charge on any atom is -0.438 e. The largest absolute Gasteiger partial charge is 0.438 e. The molecule has 3 aliphatic carbocycles. The van der Waals surface area contributed by atoms with Crippen LogP contribution in [0.25, 0.3) is 0 Å². The monoisotopic (exact) mass is 396 g/mol. The molecule has 0 amide bonds. The third-order valence-corrected chi connectivity index (χ3v) is 6.51. The fourth-order valence-corrected chi connectivity index (χ4v) is 4.65. The Labute approximate surface area is 168 Å². The van der Waals surface area contributed by atoms with Crippen LogP contribution in [0.1, 0.15) is 89.9 Å². The molecule has 3 aliphatic rings. The molecule has 0 atom stereocenters. The Balaban J connectivity index is 1.21. The van der Waals surface area contributed by atoms with E-state index in [2.05, 4.69) is 0 Å². The molecule has 3 rings (SSSR count). The Morgan fingerprint density at radius 2 is 0.893 bits per heavy atom. The lowest BCUT2D eigenvalue weighted by Gasteiger charge is -2.28. The van der Waals surface area contributed by atoms with E-state index in [1.807, 2.05) is 0 Å². The molecule has 160 valence electrons. The number of ether oxygens (including phenoxy) is 4. The topological polar surface area (TPSA) is 71.1 Å². The van der Waals surface area contributed by atoms with Crippen LogP contribution >= 0.6 is 0 Å². The van der Waals surface area contributed by atoms with Crippen LogP contribution in [0, 0.1) is 11.8 Å². The van der Waals surface area contributed by atoms with Gasteiger partial charge in [-0.25, -0.2) is 0 Å². The lowest BCUT2D eigenvalue weighted by Crippen LogP contribution is -2.30. The molecule has 0 aromatic carbocycles. The zero-order chi connectivity index (χ0) is 19.6. The fourth-order valence-electron chi connectivity index (χ4n) is 4.65. The van der Waals surface area contributed by atoms with Gasteiger partial charge in [-0.05, 0) is 51.4 Å². The van der Waals surface area contributed by atoms with E-state index in [4.69, 9.17) is 18.9 Å². The predicted molar refractivity (Wildman–Crippen MR) is 103 cm³/mol. The lowest BCUT2D eigenvalue weighted by atomic mass is 9.89. The highest BCUT2D eigenvalue weighted by Crippen LogP contribution is 2.27. The number of hydrogen-bond acceptors (Lipinski definition) is 6. The number of esters is 2. The van der Waals surface area contributed by atoms with Crippen LogP contribution in [-0.4, -0.2) is 37.7 Å². The summed E-state index contributed by atoms with van der Waals surface area (Å²) in [6, 6.07) is 0. The molecule has 0 aliphatic heterocycles. The molecule has 0 N–H and O–H groups in total. The van der Waals surface area contributed by atoms with Crippen LogP contribution in [0.15, 0.2) is 0 Å². The Morgan fingerprint density at radius 1 is 0.536 bits per heavy atom. The maximum Gasteiger partial charge on any atom is 0.311 e. The van der Waals surface area contributed by atoms with Crippen LogP contribution < -0.4 is 0 Å². The summed E-state index contributed by atoms with van der Waals surface area (Å²) in [5.74, 6) is -0.0661. The highest BCUT2D eigenvalue weighted by atomic mass is 16.7. The molecule has 0 unspecified atom stereocenters. The zero-order valence-corrected chi connectivity index (χ0v) is 17.1. The molecule has 0 spiro atoms. The van der Waals surface area contributed by atoms with Gasteiger partial charge in [-0.2, -0.15) is 0 Å². The Bertz CT molecular complexity index is 429. The van der Waals surface area contributed by atoms with Crippen molar-refractivity contribution in [2.75, 3.05) is 13.6 Å². The van der Waals surface area contributed by atoms with E-state index in [0.29, 0.717) is 0 Å². The SMILES string of the molecule is O=C(OCOC1CCC(OCOC(=O)C2CCCCC2)CC1)C1CCCCC1. The lowest BCUT2D eigenvalue weighted by molar-refractivity contribution is -0.176. The first-order valence-electron chi connectivity index (χ1n) is 11.3. The summed E-state index contributed by atoms with van der Waals surface area (Å²) in [6.07, 6.45) is 14.5. The van der Waals surface area contributed by atoms with Crippen molar-refractivity contribution in [3.8, 4) is 0 Å². The van der Waals surface area contributed by atoms with Gasteiger partial charge in [-0.1, -0.05) is 38.5 Å². The van der Waals surface area contributed by atoms with Crippen molar-refractivity contribution >= 4 is 11.9 Å². The van der Waals surface area contributed by atoms with Gasteiger partial charge >= 0.3 is 11.9 Å². The molecular formula is C22H36O6. The normalized spacial score (nSPS) is 27.3. The van der Waals surface area contributed by atoms with Gasteiger partial charge in [0.1, 0.15) is 0 Å². The van der Waals surface area contributed by atoms with Gasteiger partial charge in [0.05, 0.1) is 24.0 Å². The van der Waals surface area contributed by atoms with Crippen molar-refractivity contribution in [1.82, 2.24) is 0 Å². The first-order valence-corrected chi connectivity index (χ1v) is 11.3. The van der Waals surface area contributed by atoms with Gasteiger partial charge in [0, 0.05) is 0 Å². The van der Waals surface area contributed by atoms with Crippen molar-refractivity contribution in [3.63, 3.8) is 0 Å².